The van der Waals surface area contributed by atoms with Crippen LogP contribution in [-0.2, 0) is 9.59 Å². The number of benzene rings is 1. The number of rotatable bonds is 6. The Kier molecular flexibility index (Phi) is 6.73. The van der Waals surface area contributed by atoms with Gasteiger partial charge >= 0.3 is 0 Å². The standard InChI is InChI=1S/C25H34N4O2/c1-18-16-23(29-14-6-7-15-29)27-22-11-10-19(17-21(18)22)26-24(30)12-13-25(31)28(2)20-8-4-3-5-9-20/h10-11,16-17,20H,3-9,12-15H2,1-2H3,(H,26,30). The minimum atomic E-state index is -0.121. The molecular weight excluding hydrogens is 388 g/mol. The largest absolute Gasteiger partial charge is 0.357 e. The molecular formula is C25H34N4O2. The van der Waals surface area contributed by atoms with Crippen LogP contribution in [-0.4, -0.2) is 47.9 Å². The molecule has 1 N–H and O–H groups in total. The Hall–Kier alpha value is -2.63. The topological polar surface area (TPSA) is 65.5 Å². The third kappa shape index (κ3) is 5.17. The summed E-state index contributed by atoms with van der Waals surface area (Å²) in [7, 11) is 1.88. The van der Waals surface area contributed by atoms with Gasteiger partial charge in [0, 0.05) is 50.1 Å². The van der Waals surface area contributed by atoms with Crippen molar-refractivity contribution in [3.8, 4) is 0 Å². The van der Waals surface area contributed by atoms with E-state index in [1.54, 1.807) is 0 Å². The molecule has 4 rings (SSSR count). The van der Waals surface area contributed by atoms with Gasteiger partial charge in [0.2, 0.25) is 11.8 Å². The number of nitrogens with one attached hydrogen (secondary N) is 1. The van der Waals surface area contributed by atoms with Crippen LogP contribution in [0.3, 0.4) is 0 Å². The molecule has 166 valence electrons. The molecule has 2 heterocycles. The zero-order chi connectivity index (χ0) is 21.8. The first-order valence-electron chi connectivity index (χ1n) is 11.7. The van der Waals surface area contributed by atoms with E-state index >= 15 is 0 Å². The average Bonchev–Trinajstić information content (AvgIpc) is 3.33. The molecule has 2 fully saturated rings. The third-order valence-electron chi connectivity index (χ3n) is 6.80. The van der Waals surface area contributed by atoms with Crippen LogP contribution in [0, 0.1) is 6.92 Å². The Morgan fingerprint density at radius 3 is 2.55 bits per heavy atom. The second-order valence-electron chi connectivity index (χ2n) is 9.07. The van der Waals surface area contributed by atoms with Crippen LogP contribution in [0.15, 0.2) is 24.3 Å². The van der Waals surface area contributed by atoms with E-state index in [0.717, 1.165) is 53.9 Å². The van der Waals surface area contributed by atoms with E-state index in [1.807, 2.05) is 30.1 Å². The van der Waals surface area contributed by atoms with Crippen LogP contribution in [0.2, 0.25) is 0 Å². The predicted molar refractivity (Wildman–Crippen MR) is 125 cm³/mol. The average molecular weight is 423 g/mol. The molecule has 0 radical (unpaired) electrons. The van der Waals surface area contributed by atoms with E-state index in [0.29, 0.717) is 6.04 Å². The first kappa shape index (κ1) is 21.6. The molecule has 2 aliphatic rings. The zero-order valence-corrected chi connectivity index (χ0v) is 18.8. The molecule has 2 amide bonds. The number of anilines is 2. The highest BCUT2D eigenvalue weighted by Gasteiger charge is 2.22. The normalized spacial score (nSPS) is 17.2. The SMILES string of the molecule is Cc1cc(N2CCCC2)nc2ccc(NC(=O)CCC(=O)N(C)C3CCCCC3)cc12. The maximum atomic E-state index is 12.5. The lowest BCUT2D eigenvalue weighted by molar-refractivity contribution is -0.134. The molecule has 31 heavy (non-hydrogen) atoms. The zero-order valence-electron chi connectivity index (χ0n) is 18.8. The van der Waals surface area contributed by atoms with Crippen molar-refractivity contribution in [1.82, 2.24) is 9.88 Å². The number of pyridine rings is 1. The maximum absolute atomic E-state index is 12.5. The fraction of sp³-hybridized carbons (Fsp3) is 0.560. The van der Waals surface area contributed by atoms with E-state index in [2.05, 4.69) is 23.2 Å². The molecule has 6 heteroatoms. The summed E-state index contributed by atoms with van der Waals surface area (Å²) in [5.41, 5.74) is 2.86. The Morgan fingerprint density at radius 1 is 1.06 bits per heavy atom. The smallest absolute Gasteiger partial charge is 0.224 e. The number of carbonyl (C=O) groups is 2. The number of aromatic nitrogens is 1. The second-order valence-corrected chi connectivity index (χ2v) is 9.07. The van der Waals surface area contributed by atoms with Crippen molar-refractivity contribution in [2.75, 3.05) is 30.4 Å². The van der Waals surface area contributed by atoms with Gasteiger partial charge in [-0.25, -0.2) is 4.98 Å². The molecule has 1 aromatic carbocycles. The van der Waals surface area contributed by atoms with Gasteiger partial charge in [-0.3, -0.25) is 9.59 Å². The van der Waals surface area contributed by atoms with Gasteiger partial charge in [0.1, 0.15) is 5.82 Å². The van der Waals surface area contributed by atoms with Gasteiger partial charge in [-0.1, -0.05) is 19.3 Å². The molecule has 0 atom stereocenters. The summed E-state index contributed by atoms with van der Waals surface area (Å²) in [4.78, 5) is 34.0. The quantitative estimate of drug-likeness (QED) is 0.736. The number of hydrogen-bond donors (Lipinski definition) is 1. The summed E-state index contributed by atoms with van der Waals surface area (Å²) in [6.07, 6.45) is 8.73. The summed E-state index contributed by atoms with van der Waals surface area (Å²) in [5.74, 6) is 0.985. The van der Waals surface area contributed by atoms with Crippen molar-refractivity contribution in [1.29, 1.82) is 0 Å². The highest BCUT2D eigenvalue weighted by atomic mass is 16.2. The van der Waals surface area contributed by atoms with Gasteiger partial charge < -0.3 is 15.1 Å². The molecule has 0 bridgehead atoms. The molecule has 2 aromatic rings. The van der Waals surface area contributed by atoms with Crippen LogP contribution in [0.5, 0.6) is 0 Å². The van der Waals surface area contributed by atoms with Crippen LogP contribution in [0.1, 0.15) is 63.4 Å². The predicted octanol–water partition coefficient (Wildman–Crippen LogP) is 4.65. The lowest BCUT2D eigenvalue weighted by Crippen LogP contribution is -2.38. The first-order valence-corrected chi connectivity index (χ1v) is 11.7. The van der Waals surface area contributed by atoms with Gasteiger partial charge in [-0.2, -0.15) is 0 Å². The minimum absolute atomic E-state index is 0.0649. The number of aryl methyl sites for hydroxylation is 1. The Balaban J connectivity index is 1.35. The highest BCUT2D eigenvalue weighted by Crippen LogP contribution is 2.27. The summed E-state index contributed by atoms with van der Waals surface area (Å²) in [5, 5.41) is 4.01. The van der Waals surface area contributed by atoms with E-state index in [4.69, 9.17) is 4.98 Å². The number of fused-ring (bicyclic) bond motifs is 1. The van der Waals surface area contributed by atoms with Crippen molar-refractivity contribution in [2.45, 2.75) is 70.8 Å². The Labute approximate surface area is 185 Å². The molecule has 0 spiro atoms. The molecule has 0 unspecified atom stereocenters. The highest BCUT2D eigenvalue weighted by molar-refractivity contribution is 5.96. The molecule has 6 nitrogen and oxygen atoms in total. The van der Waals surface area contributed by atoms with E-state index < -0.39 is 0 Å². The Bertz CT molecular complexity index is 946. The van der Waals surface area contributed by atoms with Gasteiger partial charge in [0.15, 0.2) is 0 Å². The fourth-order valence-corrected chi connectivity index (χ4v) is 4.85. The van der Waals surface area contributed by atoms with Crippen LogP contribution >= 0.6 is 0 Å². The van der Waals surface area contributed by atoms with Crippen molar-refractivity contribution < 1.29 is 9.59 Å². The number of hydrogen-bond acceptors (Lipinski definition) is 4. The lowest BCUT2D eigenvalue weighted by atomic mass is 9.94. The molecule has 1 aliphatic carbocycles. The number of amides is 2. The fourth-order valence-electron chi connectivity index (χ4n) is 4.85. The van der Waals surface area contributed by atoms with Crippen molar-refractivity contribution >= 4 is 34.2 Å². The van der Waals surface area contributed by atoms with E-state index in [9.17, 15) is 9.59 Å². The van der Waals surface area contributed by atoms with Gasteiger partial charge in [-0.15, -0.1) is 0 Å². The van der Waals surface area contributed by atoms with Gasteiger partial charge in [0.25, 0.3) is 0 Å². The van der Waals surface area contributed by atoms with Crippen molar-refractivity contribution in [2.24, 2.45) is 0 Å². The number of nitrogens with zero attached hydrogens (tertiary/aromatic N) is 3. The first-order chi connectivity index (χ1) is 15.0. The molecule has 1 aliphatic heterocycles. The van der Waals surface area contributed by atoms with Crippen LogP contribution < -0.4 is 10.2 Å². The lowest BCUT2D eigenvalue weighted by Gasteiger charge is -2.31. The van der Waals surface area contributed by atoms with E-state index in [-0.39, 0.29) is 24.7 Å². The monoisotopic (exact) mass is 422 g/mol. The van der Waals surface area contributed by atoms with Gasteiger partial charge in [-0.05, 0) is 62.4 Å². The maximum Gasteiger partial charge on any atom is 0.224 e. The summed E-state index contributed by atoms with van der Waals surface area (Å²) >= 11 is 0. The van der Waals surface area contributed by atoms with Gasteiger partial charge in [0.05, 0.1) is 5.52 Å². The summed E-state index contributed by atoms with van der Waals surface area (Å²) in [6, 6.07) is 8.33. The third-order valence-corrected chi connectivity index (χ3v) is 6.80. The molecule has 1 aromatic heterocycles. The molecule has 1 saturated heterocycles. The minimum Gasteiger partial charge on any atom is -0.357 e. The summed E-state index contributed by atoms with van der Waals surface area (Å²) < 4.78 is 0. The van der Waals surface area contributed by atoms with Crippen LogP contribution in [0.4, 0.5) is 11.5 Å². The Morgan fingerprint density at radius 2 is 1.81 bits per heavy atom. The van der Waals surface area contributed by atoms with Crippen molar-refractivity contribution in [3.63, 3.8) is 0 Å². The molecule has 1 saturated carbocycles. The van der Waals surface area contributed by atoms with Crippen molar-refractivity contribution in [3.05, 3.63) is 29.8 Å². The number of carbonyl (C=O) groups excluding carboxylic acids is 2. The van der Waals surface area contributed by atoms with E-state index in [1.165, 1.54) is 32.1 Å². The summed E-state index contributed by atoms with van der Waals surface area (Å²) in [6.45, 7) is 4.23. The van der Waals surface area contributed by atoms with Crippen LogP contribution in [0.25, 0.3) is 10.9 Å². The second kappa shape index (κ2) is 9.67.